The third-order valence-corrected chi connectivity index (χ3v) is 2.54. The van der Waals surface area contributed by atoms with Crippen LogP contribution in [0.1, 0.15) is 37.0 Å². The molecule has 1 rings (SSSR count). The summed E-state index contributed by atoms with van der Waals surface area (Å²) in [6, 6.07) is 1.24. The van der Waals surface area contributed by atoms with Gasteiger partial charge in [-0.05, 0) is 33.8 Å². The van der Waals surface area contributed by atoms with Crippen LogP contribution in [0.15, 0.2) is 10.5 Å². The number of nitrogens with one attached hydrogen (secondary N) is 2. The van der Waals surface area contributed by atoms with Crippen molar-refractivity contribution < 1.29 is 14.3 Å². The van der Waals surface area contributed by atoms with Crippen LogP contribution in [0.4, 0.5) is 4.79 Å². The molecule has 0 spiro atoms. The molecule has 0 radical (unpaired) electrons. The van der Waals surface area contributed by atoms with Gasteiger partial charge in [0.05, 0.1) is 18.7 Å². The summed E-state index contributed by atoms with van der Waals surface area (Å²) in [5.41, 5.74) is 0.967. The highest BCUT2D eigenvalue weighted by atomic mass is 16.3. The number of aliphatic hydroxyl groups excluding tert-OH is 1. The SMILES string of the molecule is Cc1cc(C(C)NC(=O)NC(C)CO)c(C)o1. The van der Waals surface area contributed by atoms with Gasteiger partial charge in [-0.1, -0.05) is 0 Å². The largest absolute Gasteiger partial charge is 0.466 e. The monoisotopic (exact) mass is 240 g/mol. The Labute approximate surface area is 101 Å². The second-order valence-corrected chi connectivity index (χ2v) is 4.29. The van der Waals surface area contributed by atoms with E-state index in [4.69, 9.17) is 9.52 Å². The Morgan fingerprint density at radius 3 is 2.53 bits per heavy atom. The lowest BCUT2D eigenvalue weighted by Gasteiger charge is -2.16. The second-order valence-electron chi connectivity index (χ2n) is 4.29. The van der Waals surface area contributed by atoms with Gasteiger partial charge in [-0.3, -0.25) is 0 Å². The fourth-order valence-electron chi connectivity index (χ4n) is 1.67. The average molecular weight is 240 g/mol. The molecule has 1 aromatic heterocycles. The molecular weight excluding hydrogens is 220 g/mol. The number of hydrogen-bond acceptors (Lipinski definition) is 3. The van der Waals surface area contributed by atoms with Gasteiger partial charge in [0.15, 0.2) is 0 Å². The van der Waals surface area contributed by atoms with Gasteiger partial charge in [0.2, 0.25) is 0 Å². The molecule has 1 aromatic rings. The molecule has 2 amide bonds. The van der Waals surface area contributed by atoms with E-state index < -0.39 is 0 Å². The third-order valence-electron chi connectivity index (χ3n) is 2.54. The molecule has 1 heterocycles. The van der Waals surface area contributed by atoms with E-state index in [2.05, 4.69) is 10.6 Å². The normalized spacial score (nSPS) is 14.2. The summed E-state index contributed by atoms with van der Waals surface area (Å²) in [6.45, 7) is 7.29. The zero-order valence-electron chi connectivity index (χ0n) is 10.7. The first-order valence-corrected chi connectivity index (χ1v) is 5.68. The molecular formula is C12H20N2O3. The lowest BCUT2D eigenvalue weighted by Crippen LogP contribution is -2.43. The van der Waals surface area contributed by atoms with Crippen LogP contribution in [-0.2, 0) is 0 Å². The van der Waals surface area contributed by atoms with Crippen LogP contribution in [-0.4, -0.2) is 23.8 Å². The van der Waals surface area contributed by atoms with E-state index in [1.807, 2.05) is 26.8 Å². The van der Waals surface area contributed by atoms with Crippen LogP contribution in [0.2, 0.25) is 0 Å². The second kappa shape index (κ2) is 5.72. The first-order valence-electron chi connectivity index (χ1n) is 5.68. The van der Waals surface area contributed by atoms with E-state index in [1.165, 1.54) is 0 Å². The first-order chi connectivity index (χ1) is 7.93. The topological polar surface area (TPSA) is 74.5 Å². The third kappa shape index (κ3) is 3.78. The van der Waals surface area contributed by atoms with E-state index in [0.29, 0.717) is 0 Å². The Morgan fingerprint density at radius 1 is 1.41 bits per heavy atom. The number of amides is 2. The van der Waals surface area contributed by atoms with Crippen LogP contribution >= 0.6 is 0 Å². The smallest absolute Gasteiger partial charge is 0.315 e. The summed E-state index contributed by atoms with van der Waals surface area (Å²) in [6.07, 6.45) is 0. The minimum atomic E-state index is -0.294. The zero-order chi connectivity index (χ0) is 13.0. The molecule has 0 bridgehead atoms. The summed E-state index contributed by atoms with van der Waals surface area (Å²) in [5.74, 6) is 1.64. The highest BCUT2D eigenvalue weighted by molar-refractivity contribution is 5.74. The number of furan rings is 1. The Hall–Kier alpha value is -1.49. The number of aryl methyl sites for hydroxylation is 2. The number of rotatable bonds is 4. The van der Waals surface area contributed by atoms with Crippen LogP contribution in [0.5, 0.6) is 0 Å². The van der Waals surface area contributed by atoms with Gasteiger partial charge in [0.1, 0.15) is 11.5 Å². The van der Waals surface area contributed by atoms with Gasteiger partial charge in [0.25, 0.3) is 0 Å². The maximum Gasteiger partial charge on any atom is 0.315 e. The van der Waals surface area contributed by atoms with Crippen molar-refractivity contribution in [3.8, 4) is 0 Å². The molecule has 0 aliphatic rings. The maximum atomic E-state index is 11.6. The molecule has 0 saturated heterocycles. The molecule has 5 heteroatoms. The molecule has 5 nitrogen and oxygen atoms in total. The van der Waals surface area contributed by atoms with E-state index in [0.717, 1.165) is 17.1 Å². The van der Waals surface area contributed by atoms with E-state index in [9.17, 15) is 4.79 Å². The number of hydrogen-bond donors (Lipinski definition) is 3. The maximum absolute atomic E-state index is 11.6. The lowest BCUT2D eigenvalue weighted by atomic mass is 10.1. The average Bonchev–Trinajstić information content (AvgIpc) is 2.57. The van der Waals surface area contributed by atoms with Crippen LogP contribution in [0.3, 0.4) is 0 Å². The number of carbonyl (C=O) groups is 1. The molecule has 0 aromatic carbocycles. The zero-order valence-corrected chi connectivity index (χ0v) is 10.7. The van der Waals surface area contributed by atoms with Gasteiger partial charge in [-0.25, -0.2) is 4.79 Å². The minimum Gasteiger partial charge on any atom is -0.466 e. The molecule has 0 aliphatic heterocycles. The van der Waals surface area contributed by atoms with Gasteiger partial charge >= 0.3 is 6.03 Å². The van der Waals surface area contributed by atoms with Crippen LogP contribution < -0.4 is 10.6 Å². The van der Waals surface area contributed by atoms with Crippen LogP contribution in [0.25, 0.3) is 0 Å². The number of aliphatic hydroxyl groups is 1. The van der Waals surface area contributed by atoms with Crippen molar-refractivity contribution in [3.05, 3.63) is 23.2 Å². The molecule has 2 atom stereocenters. The van der Waals surface area contributed by atoms with Gasteiger partial charge < -0.3 is 20.2 Å². The van der Waals surface area contributed by atoms with Crippen molar-refractivity contribution in [2.24, 2.45) is 0 Å². The van der Waals surface area contributed by atoms with Crippen molar-refractivity contribution in [1.29, 1.82) is 0 Å². The van der Waals surface area contributed by atoms with E-state index in [-0.39, 0.29) is 24.7 Å². The molecule has 0 saturated carbocycles. The quantitative estimate of drug-likeness (QED) is 0.749. The fraction of sp³-hybridized carbons (Fsp3) is 0.583. The van der Waals surface area contributed by atoms with E-state index in [1.54, 1.807) is 6.92 Å². The molecule has 2 unspecified atom stereocenters. The summed E-state index contributed by atoms with van der Waals surface area (Å²) in [5, 5.41) is 14.2. The molecule has 0 aliphatic carbocycles. The van der Waals surface area contributed by atoms with Crippen molar-refractivity contribution in [2.45, 2.75) is 39.8 Å². The standard InChI is InChI=1S/C12H20N2O3/c1-7(6-15)13-12(16)14-9(3)11-5-8(2)17-10(11)4/h5,7,9,15H,6H2,1-4H3,(H2,13,14,16). The van der Waals surface area contributed by atoms with Gasteiger partial charge in [0, 0.05) is 5.56 Å². The number of urea groups is 1. The molecule has 0 fully saturated rings. The van der Waals surface area contributed by atoms with Crippen molar-refractivity contribution in [3.63, 3.8) is 0 Å². The highest BCUT2D eigenvalue weighted by Gasteiger charge is 2.15. The lowest BCUT2D eigenvalue weighted by molar-refractivity contribution is 0.218. The molecule has 3 N–H and O–H groups in total. The van der Waals surface area contributed by atoms with Crippen molar-refractivity contribution in [1.82, 2.24) is 10.6 Å². The first kappa shape index (κ1) is 13.6. The van der Waals surface area contributed by atoms with Crippen molar-refractivity contribution in [2.75, 3.05) is 6.61 Å². The Bertz CT molecular complexity index is 387. The summed E-state index contributed by atoms with van der Waals surface area (Å²) in [4.78, 5) is 11.6. The fourth-order valence-corrected chi connectivity index (χ4v) is 1.67. The Morgan fingerprint density at radius 2 is 2.06 bits per heavy atom. The summed E-state index contributed by atoms with van der Waals surface area (Å²) < 4.78 is 5.41. The predicted molar refractivity (Wildman–Crippen MR) is 64.8 cm³/mol. The van der Waals surface area contributed by atoms with Gasteiger partial charge in [-0.15, -0.1) is 0 Å². The Balaban J connectivity index is 2.57. The highest BCUT2D eigenvalue weighted by Crippen LogP contribution is 2.20. The van der Waals surface area contributed by atoms with Crippen molar-refractivity contribution >= 4 is 6.03 Å². The predicted octanol–water partition coefficient (Wildman–Crippen LogP) is 1.64. The van der Waals surface area contributed by atoms with E-state index >= 15 is 0 Å². The van der Waals surface area contributed by atoms with Gasteiger partial charge in [-0.2, -0.15) is 0 Å². The summed E-state index contributed by atoms with van der Waals surface area (Å²) >= 11 is 0. The van der Waals surface area contributed by atoms with Crippen LogP contribution in [0, 0.1) is 13.8 Å². The Kier molecular flexibility index (Phi) is 4.57. The summed E-state index contributed by atoms with van der Waals surface area (Å²) in [7, 11) is 0. The minimum absolute atomic E-state index is 0.0777. The molecule has 96 valence electrons. The number of carbonyl (C=O) groups excluding carboxylic acids is 1. The molecule has 17 heavy (non-hydrogen) atoms.